The zero-order valence-corrected chi connectivity index (χ0v) is 12.1. The maximum absolute atomic E-state index is 11.9. The lowest BCUT2D eigenvalue weighted by atomic mass is 10.0. The van der Waals surface area contributed by atoms with E-state index in [1.807, 2.05) is 6.92 Å². The maximum atomic E-state index is 11.9. The summed E-state index contributed by atoms with van der Waals surface area (Å²) < 4.78 is 0. The van der Waals surface area contributed by atoms with Crippen molar-refractivity contribution in [1.82, 2.24) is 5.32 Å². The Hall–Kier alpha value is -1.59. The van der Waals surface area contributed by atoms with Crippen molar-refractivity contribution in [2.24, 2.45) is 11.7 Å². The van der Waals surface area contributed by atoms with Crippen LogP contribution in [0.3, 0.4) is 0 Å². The molecule has 0 aliphatic heterocycles. The molecule has 1 amide bonds. The van der Waals surface area contributed by atoms with Gasteiger partial charge < -0.3 is 16.2 Å². The Morgan fingerprint density at radius 2 is 2.05 bits per heavy atom. The number of hydrogen-bond acceptors (Lipinski definition) is 3. The van der Waals surface area contributed by atoms with E-state index in [0.717, 1.165) is 6.42 Å². The second kappa shape index (κ2) is 7.87. The Bertz CT molecular complexity index is 475. The number of nitrogens with two attached hydrogens (primary N) is 1. The number of nitrogens with one attached hydrogen (secondary N) is 1. The van der Waals surface area contributed by atoms with E-state index >= 15 is 0 Å². The van der Waals surface area contributed by atoms with Crippen LogP contribution in [0.15, 0.2) is 24.3 Å². The molecule has 0 aliphatic carbocycles. The van der Waals surface area contributed by atoms with E-state index in [9.17, 15) is 14.7 Å². The van der Waals surface area contributed by atoms with Gasteiger partial charge in [0.2, 0.25) is 5.91 Å². The highest BCUT2D eigenvalue weighted by molar-refractivity contribution is 6.31. The van der Waals surface area contributed by atoms with Crippen molar-refractivity contribution in [3.05, 3.63) is 34.9 Å². The number of carboxylic acid groups (broad SMARTS) is 1. The summed E-state index contributed by atoms with van der Waals surface area (Å²) in [6.45, 7) is 2.33. The van der Waals surface area contributed by atoms with Gasteiger partial charge in [0, 0.05) is 17.0 Å². The summed E-state index contributed by atoms with van der Waals surface area (Å²) in [5.41, 5.74) is 5.91. The Morgan fingerprint density at radius 3 is 2.55 bits per heavy atom. The van der Waals surface area contributed by atoms with Crippen LogP contribution in [0.25, 0.3) is 0 Å². The van der Waals surface area contributed by atoms with Gasteiger partial charge in [0.25, 0.3) is 0 Å². The fourth-order valence-electron chi connectivity index (χ4n) is 1.86. The third-order valence-electron chi connectivity index (χ3n) is 3.15. The molecule has 0 aliphatic rings. The number of aliphatic carboxylic acids is 1. The lowest BCUT2D eigenvalue weighted by molar-refractivity contribution is -0.142. The third-order valence-corrected chi connectivity index (χ3v) is 3.50. The normalized spacial score (nSPS) is 13.6. The van der Waals surface area contributed by atoms with Crippen molar-refractivity contribution in [2.75, 3.05) is 6.54 Å². The molecule has 1 aromatic carbocycles. The molecule has 5 nitrogen and oxygen atoms in total. The summed E-state index contributed by atoms with van der Waals surface area (Å²) in [7, 11) is 0. The van der Waals surface area contributed by atoms with Crippen molar-refractivity contribution >= 4 is 23.5 Å². The molecule has 0 radical (unpaired) electrons. The van der Waals surface area contributed by atoms with E-state index in [0.29, 0.717) is 17.1 Å². The third kappa shape index (κ3) is 4.51. The first kappa shape index (κ1) is 16.5. The summed E-state index contributed by atoms with van der Waals surface area (Å²) >= 11 is 5.97. The molecule has 0 bridgehead atoms. The number of carbonyl (C=O) groups excluding carboxylic acids is 1. The lowest BCUT2D eigenvalue weighted by Crippen LogP contribution is -2.35. The van der Waals surface area contributed by atoms with Crippen LogP contribution < -0.4 is 11.1 Å². The van der Waals surface area contributed by atoms with Gasteiger partial charge in [-0.05, 0) is 18.5 Å². The number of hydrogen-bond donors (Lipinski definition) is 3. The van der Waals surface area contributed by atoms with E-state index in [4.69, 9.17) is 17.3 Å². The highest BCUT2D eigenvalue weighted by Gasteiger charge is 2.24. The summed E-state index contributed by atoms with van der Waals surface area (Å²) in [6, 6.07) is 5.41. The van der Waals surface area contributed by atoms with E-state index in [-0.39, 0.29) is 18.2 Å². The average Bonchev–Trinajstić information content (AvgIpc) is 2.43. The average molecular weight is 299 g/mol. The van der Waals surface area contributed by atoms with Gasteiger partial charge in [-0.15, -0.1) is 0 Å². The van der Waals surface area contributed by atoms with Crippen molar-refractivity contribution in [2.45, 2.75) is 25.8 Å². The number of carboxylic acids is 1. The zero-order valence-electron chi connectivity index (χ0n) is 11.3. The minimum Gasteiger partial charge on any atom is -0.479 e. The van der Waals surface area contributed by atoms with Crippen LogP contribution in [0.5, 0.6) is 0 Å². The van der Waals surface area contributed by atoms with E-state index in [1.165, 1.54) is 0 Å². The molecule has 0 saturated carbocycles. The van der Waals surface area contributed by atoms with Crippen molar-refractivity contribution < 1.29 is 14.7 Å². The SMILES string of the molecule is CCC(CN)CC(=O)N[C@@H](C(=O)O)c1ccccc1Cl. The number of amides is 1. The van der Waals surface area contributed by atoms with Gasteiger partial charge in [0.05, 0.1) is 0 Å². The molecule has 0 fully saturated rings. The first-order valence-electron chi connectivity index (χ1n) is 6.46. The lowest BCUT2D eigenvalue weighted by Gasteiger charge is -2.18. The summed E-state index contributed by atoms with van der Waals surface area (Å²) in [4.78, 5) is 23.2. The predicted molar refractivity (Wildman–Crippen MR) is 77.4 cm³/mol. The fraction of sp³-hybridized carbons (Fsp3) is 0.429. The number of rotatable bonds is 7. The zero-order chi connectivity index (χ0) is 15.1. The summed E-state index contributed by atoms with van der Waals surface area (Å²) in [5.74, 6) is -1.43. The number of carbonyl (C=O) groups is 2. The Morgan fingerprint density at radius 1 is 1.40 bits per heavy atom. The van der Waals surface area contributed by atoms with Gasteiger partial charge in [-0.2, -0.15) is 0 Å². The second-order valence-corrected chi connectivity index (χ2v) is 4.98. The smallest absolute Gasteiger partial charge is 0.330 e. The Labute approximate surface area is 123 Å². The minimum absolute atomic E-state index is 0.0516. The first-order chi connectivity index (χ1) is 9.49. The van der Waals surface area contributed by atoms with Crippen LogP contribution in [0, 0.1) is 5.92 Å². The molecule has 110 valence electrons. The largest absolute Gasteiger partial charge is 0.479 e. The van der Waals surface area contributed by atoms with Crippen LogP contribution in [0.2, 0.25) is 5.02 Å². The number of halogens is 1. The highest BCUT2D eigenvalue weighted by atomic mass is 35.5. The maximum Gasteiger partial charge on any atom is 0.330 e. The molecular weight excluding hydrogens is 280 g/mol. The number of benzene rings is 1. The molecule has 2 atom stereocenters. The molecule has 1 rings (SSSR count). The monoisotopic (exact) mass is 298 g/mol. The van der Waals surface area contributed by atoms with Crippen LogP contribution in [0.4, 0.5) is 0 Å². The van der Waals surface area contributed by atoms with E-state index < -0.39 is 12.0 Å². The Kier molecular flexibility index (Phi) is 6.48. The van der Waals surface area contributed by atoms with Crippen LogP contribution in [-0.2, 0) is 9.59 Å². The predicted octanol–water partition coefficient (Wildman–Crippen LogP) is 1.96. The van der Waals surface area contributed by atoms with Gasteiger partial charge in [-0.1, -0.05) is 43.1 Å². The molecular formula is C14H19ClN2O3. The van der Waals surface area contributed by atoms with Gasteiger partial charge in [-0.3, -0.25) is 4.79 Å². The molecule has 0 heterocycles. The second-order valence-electron chi connectivity index (χ2n) is 4.57. The fourth-order valence-corrected chi connectivity index (χ4v) is 2.10. The minimum atomic E-state index is -1.15. The van der Waals surface area contributed by atoms with Crippen molar-refractivity contribution in [1.29, 1.82) is 0 Å². The van der Waals surface area contributed by atoms with Gasteiger partial charge >= 0.3 is 5.97 Å². The first-order valence-corrected chi connectivity index (χ1v) is 6.84. The summed E-state index contributed by atoms with van der Waals surface area (Å²) in [5, 5.41) is 12.1. The van der Waals surface area contributed by atoms with E-state index in [2.05, 4.69) is 5.32 Å². The van der Waals surface area contributed by atoms with E-state index in [1.54, 1.807) is 24.3 Å². The standard InChI is InChI=1S/C14H19ClN2O3/c1-2-9(8-16)7-12(18)17-13(14(19)20)10-5-3-4-6-11(10)15/h3-6,9,13H,2,7-8,16H2,1H3,(H,17,18)(H,19,20)/t9?,13-/m1/s1. The van der Waals surface area contributed by atoms with Gasteiger partial charge in [-0.25, -0.2) is 4.79 Å². The highest BCUT2D eigenvalue weighted by Crippen LogP contribution is 2.23. The summed E-state index contributed by atoms with van der Waals surface area (Å²) in [6.07, 6.45) is 0.981. The molecule has 0 saturated heterocycles. The van der Waals surface area contributed by atoms with Crippen LogP contribution in [0.1, 0.15) is 31.4 Å². The van der Waals surface area contributed by atoms with Gasteiger partial charge in [0.15, 0.2) is 6.04 Å². The van der Waals surface area contributed by atoms with Crippen molar-refractivity contribution in [3.8, 4) is 0 Å². The molecule has 4 N–H and O–H groups in total. The molecule has 1 aromatic rings. The van der Waals surface area contributed by atoms with Gasteiger partial charge in [0.1, 0.15) is 0 Å². The van der Waals surface area contributed by atoms with Crippen molar-refractivity contribution in [3.63, 3.8) is 0 Å². The molecule has 1 unspecified atom stereocenters. The molecule has 20 heavy (non-hydrogen) atoms. The molecule has 6 heteroatoms. The Balaban J connectivity index is 2.81. The van der Waals surface area contributed by atoms with Crippen LogP contribution >= 0.6 is 11.6 Å². The topological polar surface area (TPSA) is 92.4 Å². The quantitative estimate of drug-likeness (QED) is 0.717. The van der Waals surface area contributed by atoms with Crippen LogP contribution in [-0.4, -0.2) is 23.5 Å². The molecule has 0 spiro atoms. The molecule has 0 aromatic heterocycles.